The summed E-state index contributed by atoms with van der Waals surface area (Å²) in [5, 5.41) is 4.09. The normalized spacial score (nSPS) is 10.4. The van der Waals surface area contributed by atoms with E-state index in [0.717, 1.165) is 5.56 Å². The number of rotatable bonds is 3. The van der Waals surface area contributed by atoms with Gasteiger partial charge in [-0.15, -0.1) is 0 Å². The van der Waals surface area contributed by atoms with Crippen LogP contribution in [0.15, 0.2) is 30.6 Å². The third-order valence-electron chi connectivity index (χ3n) is 2.05. The lowest BCUT2D eigenvalue weighted by atomic mass is 10.3. The molecule has 0 bridgehead atoms. The van der Waals surface area contributed by atoms with Gasteiger partial charge in [-0.05, 0) is 12.1 Å². The molecule has 0 N–H and O–H groups in total. The predicted molar refractivity (Wildman–Crippen MR) is 59.0 cm³/mol. The van der Waals surface area contributed by atoms with Gasteiger partial charge in [-0.3, -0.25) is 4.68 Å². The van der Waals surface area contributed by atoms with Gasteiger partial charge in [0, 0.05) is 24.9 Å². The molecule has 0 fully saturated rings. The second kappa shape index (κ2) is 4.53. The van der Waals surface area contributed by atoms with E-state index in [1.807, 2.05) is 13.2 Å². The van der Waals surface area contributed by atoms with E-state index in [9.17, 15) is 4.39 Å². The Morgan fingerprint density at radius 3 is 2.94 bits per heavy atom. The van der Waals surface area contributed by atoms with Gasteiger partial charge in [0.2, 0.25) is 0 Å². The quantitative estimate of drug-likeness (QED) is 0.825. The average Bonchev–Trinajstić information content (AvgIpc) is 2.66. The molecule has 1 aromatic carbocycles. The summed E-state index contributed by atoms with van der Waals surface area (Å²) in [4.78, 5) is 0. The molecule has 0 atom stereocenters. The lowest BCUT2D eigenvalue weighted by molar-refractivity contribution is 0.304. The third-order valence-corrected chi connectivity index (χ3v) is 2.36. The Morgan fingerprint density at radius 2 is 2.31 bits per heavy atom. The van der Waals surface area contributed by atoms with Gasteiger partial charge in [0.05, 0.1) is 11.2 Å². The van der Waals surface area contributed by atoms with Crippen LogP contribution in [0.1, 0.15) is 5.56 Å². The summed E-state index contributed by atoms with van der Waals surface area (Å²) in [6.07, 6.45) is 3.54. The fourth-order valence-electron chi connectivity index (χ4n) is 1.28. The first-order valence-electron chi connectivity index (χ1n) is 4.70. The molecule has 3 nitrogen and oxygen atoms in total. The Kier molecular flexibility index (Phi) is 3.10. The van der Waals surface area contributed by atoms with Crippen molar-refractivity contribution in [2.45, 2.75) is 6.61 Å². The highest BCUT2D eigenvalue weighted by molar-refractivity contribution is 6.30. The van der Waals surface area contributed by atoms with Crippen LogP contribution in [0.5, 0.6) is 5.75 Å². The number of ether oxygens (including phenoxy) is 1. The number of aromatic nitrogens is 2. The minimum atomic E-state index is -0.481. The fraction of sp³-hybridized carbons (Fsp3) is 0.182. The third kappa shape index (κ3) is 2.52. The van der Waals surface area contributed by atoms with Crippen molar-refractivity contribution < 1.29 is 9.13 Å². The minimum Gasteiger partial charge on any atom is -0.489 e. The number of hydrogen-bond donors (Lipinski definition) is 0. The van der Waals surface area contributed by atoms with E-state index < -0.39 is 5.82 Å². The molecule has 0 amide bonds. The van der Waals surface area contributed by atoms with Gasteiger partial charge in [0.15, 0.2) is 0 Å². The van der Waals surface area contributed by atoms with E-state index in [-0.39, 0.29) is 5.02 Å². The first-order chi connectivity index (χ1) is 7.65. The summed E-state index contributed by atoms with van der Waals surface area (Å²) < 4.78 is 20.2. The minimum absolute atomic E-state index is 0.0914. The predicted octanol–water partition coefficient (Wildman–Crippen LogP) is 2.79. The first kappa shape index (κ1) is 11.0. The van der Waals surface area contributed by atoms with Crippen LogP contribution in [-0.2, 0) is 13.7 Å². The molecule has 2 aromatic rings. The summed E-state index contributed by atoms with van der Waals surface area (Å²) in [6, 6.07) is 4.36. The summed E-state index contributed by atoms with van der Waals surface area (Å²) in [6.45, 7) is 0.356. The number of benzene rings is 1. The van der Waals surface area contributed by atoms with Crippen molar-refractivity contribution in [2.75, 3.05) is 0 Å². The number of halogens is 2. The Labute approximate surface area is 97.4 Å². The molecule has 0 aliphatic rings. The molecule has 0 aliphatic heterocycles. The molecule has 1 aromatic heterocycles. The van der Waals surface area contributed by atoms with E-state index in [0.29, 0.717) is 12.4 Å². The molecule has 0 aliphatic carbocycles. The van der Waals surface area contributed by atoms with Crippen LogP contribution < -0.4 is 4.74 Å². The highest BCUT2D eigenvalue weighted by Crippen LogP contribution is 2.21. The van der Waals surface area contributed by atoms with Crippen molar-refractivity contribution in [3.8, 4) is 5.75 Å². The molecule has 0 saturated heterocycles. The Bertz CT molecular complexity index is 498. The SMILES string of the molecule is Cn1cc(COc2ccc(Cl)c(F)c2)cn1. The van der Waals surface area contributed by atoms with E-state index >= 15 is 0 Å². The number of nitrogens with zero attached hydrogens (tertiary/aromatic N) is 2. The Morgan fingerprint density at radius 1 is 1.50 bits per heavy atom. The molecule has 0 radical (unpaired) electrons. The van der Waals surface area contributed by atoms with Crippen molar-refractivity contribution in [3.05, 3.63) is 47.0 Å². The van der Waals surface area contributed by atoms with Crippen molar-refractivity contribution >= 4 is 11.6 Å². The molecule has 84 valence electrons. The zero-order valence-electron chi connectivity index (χ0n) is 8.65. The summed E-state index contributed by atoms with van der Waals surface area (Å²) in [5.74, 6) is -0.0314. The van der Waals surface area contributed by atoms with Crippen LogP contribution in [0, 0.1) is 5.82 Å². The van der Waals surface area contributed by atoms with Gasteiger partial charge < -0.3 is 4.74 Å². The van der Waals surface area contributed by atoms with Gasteiger partial charge >= 0.3 is 0 Å². The van der Waals surface area contributed by atoms with Gasteiger partial charge in [-0.25, -0.2) is 4.39 Å². The van der Waals surface area contributed by atoms with Crippen molar-refractivity contribution in [3.63, 3.8) is 0 Å². The topological polar surface area (TPSA) is 27.1 Å². The van der Waals surface area contributed by atoms with Gasteiger partial charge in [0.25, 0.3) is 0 Å². The monoisotopic (exact) mass is 240 g/mol. The highest BCUT2D eigenvalue weighted by Gasteiger charge is 2.02. The molecule has 0 saturated carbocycles. The van der Waals surface area contributed by atoms with Gasteiger partial charge in [-0.1, -0.05) is 11.6 Å². The van der Waals surface area contributed by atoms with Gasteiger partial charge in [-0.2, -0.15) is 5.10 Å². The van der Waals surface area contributed by atoms with Crippen molar-refractivity contribution in [1.29, 1.82) is 0 Å². The van der Waals surface area contributed by atoms with Crippen LogP contribution >= 0.6 is 11.6 Å². The number of hydrogen-bond acceptors (Lipinski definition) is 2. The average molecular weight is 241 g/mol. The summed E-state index contributed by atoms with van der Waals surface area (Å²) in [5.41, 5.74) is 0.929. The molecule has 1 heterocycles. The highest BCUT2D eigenvalue weighted by atomic mass is 35.5. The van der Waals surface area contributed by atoms with E-state index in [4.69, 9.17) is 16.3 Å². The molecule has 16 heavy (non-hydrogen) atoms. The maximum atomic E-state index is 13.1. The van der Waals surface area contributed by atoms with Crippen molar-refractivity contribution in [1.82, 2.24) is 9.78 Å². The second-order valence-corrected chi connectivity index (χ2v) is 3.79. The maximum absolute atomic E-state index is 13.1. The van der Waals surface area contributed by atoms with Crippen LogP contribution in [0.2, 0.25) is 5.02 Å². The molecular weight excluding hydrogens is 231 g/mol. The number of aryl methyl sites for hydroxylation is 1. The first-order valence-corrected chi connectivity index (χ1v) is 5.08. The molecular formula is C11H10ClFN2O. The molecule has 0 spiro atoms. The fourth-order valence-corrected chi connectivity index (χ4v) is 1.40. The summed E-state index contributed by atoms with van der Waals surface area (Å²) >= 11 is 5.56. The molecule has 2 rings (SSSR count). The van der Waals surface area contributed by atoms with E-state index in [1.165, 1.54) is 12.1 Å². The zero-order chi connectivity index (χ0) is 11.5. The van der Waals surface area contributed by atoms with Crippen LogP contribution in [0.3, 0.4) is 0 Å². The smallest absolute Gasteiger partial charge is 0.145 e. The van der Waals surface area contributed by atoms with E-state index in [1.54, 1.807) is 16.9 Å². The summed E-state index contributed by atoms with van der Waals surface area (Å²) in [7, 11) is 1.82. The Balaban J connectivity index is 2.02. The zero-order valence-corrected chi connectivity index (χ0v) is 9.41. The van der Waals surface area contributed by atoms with Crippen LogP contribution in [-0.4, -0.2) is 9.78 Å². The van der Waals surface area contributed by atoms with Gasteiger partial charge in [0.1, 0.15) is 18.2 Å². The maximum Gasteiger partial charge on any atom is 0.145 e. The molecule has 5 heteroatoms. The van der Waals surface area contributed by atoms with Crippen molar-refractivity contribution in [2.24, 2.45) is 7.05 Å². The largest absolute Gasteiger partial charge is 0.489 e. The Hall–Kier alpha value is -1.55. The molecule has 0 unspecified atom stereocenters. The van der Waals surface area contributed by atoms with Crippen LogP contribution in [0.4, 0.5) is 4.39 Å². The lowest BCUT2D eigenvalue weighted by Gasteiger charge is -2.04. The standard InChI is InChI=1S/C11H10ClFN2O/c1-15-6-8(5-14-15)7-16-9-2-3-10(12)11(13)4-9/h2-6H,7H2,1H3. The second-order valence-electron chi connectivity index (χ2n) is 3.39. The lowest BCUT2D eigenvalue weighted by Crippen LogP contribution is -1.94. The van der Waals surface area contributed by atoms with E-state index in [2.05, 4.69) is 5.10 Å². The van der Waals surface area contributed by atoms with Crippen LogP contribution in [0.25, 0.3) is 0 Å².